The second-order valence-corrected chi connectivity index (χ2v) is 13.1. The van der Waals surface area contributed by atoms with Crippen LogP contribution in [0.1, 0.15) is 22.7 Å². The van der Waals surface area contributed by atoms with Gasteiger partial charge in [-0.3, -0.25) is 0 Å². The van der Waals surface area contributed by atoms with Gasteiger partial charge in [-0.2, -0.15) is 0 Å². The van der Waals surface area contributed by atoms with Gasteiger partial charge in [0.2, 0.25) is 0 Å². The zero-order valence-electron chi connectivity index (χ0n) is 27.4. The Hall–Kier alpha value is -6.58. The lowest BCUT2D eigenvalue weighted by molar-refractivity contribution is 0.765. The number of nitrogens with zero attached hydrogens (tertiary/aromatic N) is 2. The smallest absolute Gasteiger partial charge is 0.0708 e. The molecule has 1 N–H and O–H groups in total. The first-order valence-electron chi connectivity index (χ1n) is 17.2. The first-order chi connectivity index (χ1) is 24.8. The van der Waals surface area contributed by atoms with Crippen molar-refractivity contribution in [3.63, 3.8) is 0 Å². The standard InChI is InChI=1S/C47H33N3/c1-3-15-32(16-4-1)34-29-42(33-17-5-2-6-18-33)48-43(30-34)35-27-36(49-44-23-11-7-19-38(44)39-20-8-12-24-45(39)49)31-37(28-35)50-46-25-13-9-21-40(46)41-22-10-14-26-47(41)50/h1-31,43,48H. The Bertz CT molecular complexity index is 2540. The molecule has 0 amide bonds. The Labute approximate surface area is 290 Å². The van der Waals surface area contributed by atoms with Gasteiger partial charge in [0.1, 0.15) is 0 Å². The van der Waals surface area contributed by atoms with Crippen molar-refractivity contribution in [2.75, 3.05) is 0 Å². The molecule has 0 fully saturated rings. The first kappa shape index (κ1) is 28.4. The SMILES string of the molecule is C1=C(c2ccccc2)C=C(c2ccccc2)NC1c1cc(-n2c3ccccc3c3ccccc32)cc(-n2c3ccccc3c3ccccc32)c1. The van der Waals surface area contributed by atoms with Crippen LogP contribution in [0.3, 0.4) is 0 Å². The number of para-hydroxylation sites is 4. The van der Waals surface area contributed by atoms with Crippen molar-refractivity contribution < 1.29 is 0 Å². The lowest BCUT2D eigenvalue weighted by atomic mass is 9.93. The van der Waals surface area contributed by atoms with Gasteiger partial charge in [0.25, 0.3) is 0 Å². The van der Waals surface area contributed by atoms with Crippen LogP contribution in [0.5, 0.6) is 0 Å². The summed E-state index contributed by atoms with van der Waals surface area (Å²) >= 11 is 0. The molecule has 236 valence electrons. The van der Waals surface area contributed by atoms with Crippen LogP contribution in [0, 0.1) is 0 Å². The van der Waals surface area contributed by atoms with E-state index in [1.54, 1.807) is 0 Å². The molecule has 0 bridgehead atoms. The lowest BCUT2D eigenvalue weighted by Crippen LogP contribution is -2.22. The molecule has 1 unspecified atom stereocenters. The minimum atomic E-state index is -0.0784. The maximum absolute atomic E-state index is 3.95. The fraction of sp³-hybridized carbons (Fsp3) is 0.0213. The maximum Gasteiger partial charge on any atom is 0.0708 e. The van der Waals surface area contributed by atoms with Crippen molar-refractivity contribution in [2.24, 2.45) is 0 Å². The van der Waals surface area contributed by atoms with E-state index in [-0.39, 0.29) is 6.04 Å². The van der Waals surface area contributed by atoms with Crippen LogP contribution in [0.4, 0.5) is 0 Å². The van der Waals surface area contributed by atoms with Crippen molar-refractivity contribution in [2.45, 2.75) is 6.04 Å². The second kappa shape index (κ2) is 11.5. The summed E-state index contributed by atoms with van der Waals surface area (Å²) in [6.07, 6.45) is 4.66. The maximum atomic E-state index is 3.95. The Balaban J connectivity index is 1.26. The Kier molecular flexibility index (Phi) is 6.56. The number of hydrogen-bond donors (Lipinski definition) is 1. The third kappa shape index (κ3) is 4.59. The molecule has 0 saturated carbocycles. The van der Waals surface area contributed by atoms with Crippen molar-refractivity contribution >= 4 is 54.9 Å². The molecule has 2 aromatic heterocycles. The number of hydrogen-bond acceptors (Lipinski definition) is 1. The molecule has 0 radical (unpaired) electrons. The molecule has 1 aliphatic rings. The summed E-state index contributed by atoms with van der Waals surface area (Å²) in [5, 5.41) is 8.96. The third-order valence-electron chi connectivity index (χ3n) is 10.1. The molecule has 50 heavy (non-hydrogen) atoms. The van der Waals surface area contributed by atoms with E-state index in [1.807, 2.05) is 0 Å². The lowest BCUT2D eigenvalue weighted by Gasteiger charge is -2.27. The van der Waals surface area contributed by atoms with E-state index < -0.39 is 0 Å². The summed E-state index contributed by atoms with van der Waals surface area (Å²) < 4.78 is 4.87. The number of allylic oxidation sites excluding steroid dienone is 2. The van der Waals surface area contributed by atoms with Crippen LogP contribution in [0.25, 0.3) is 66.3 Å². The first-order valence-corrected chi connectivity index (χ1v) is 17.2. The van der Waals surface area contributed by atoms with E-state index in [1.165, 1.54) is 65.9 Å². The molecule has 0 aliphatic carbocycles. The van der Waals surface area contributed by atoms with Gasteiger partial charge in [-0.1, -0.05) is 133 Å². The predicted octanol–water partition coefficient (Wildman–Crippen LogP) is 11.6. The molecule has 1 atom stereocenters. The fourth-order valence-corrected chi connectivity index (χ4v) is 7.87. The minimum Gasteiger partial charge on any atom is -0.374 e. The Morgan fingerprint density at radius 2 is 0.800 bits per heavy atom. The van der Waals surface area contributed by atoms with Gasteiger partial charge < -0.3 is 14.5 Å². The number of fused-ring (bicyclic) bond motifs is 6. The van der Waals surface area contributed by atoms with E-state index in [0.29, 0.717) is 0 Å². The molecule has 3 heterocycles. The second-order valence-electron chi connectivity index (χ2n) is 13.1. The molecule has 9 aromatic rings. The minimum absolute atomic E-state index is 0.0784. The number of nitrogens with one attached hydrogen (secondary N) is 1. The van der Waals surface area contributed by atoms with E-state index in [0.717, 1.165) is 17.1 Å². The van der Waals surface area contributed by atoms with E-state index in [9.17, 15) is 0 Å². The summed E-state index contributed by atoms with van der Waals surface area (Å²) in [6.45, 7) is 0. The van der Waals surface area contributed by atoms with E-state index in [4.69, 9.17) is 0 Å². The summed E-state index contributed by atoms with van der Waals surface area (Å²) in [6, 6.07) is 63.4. The topological polar surface area (TPSA) is 21.9 Å². The zero-order valence-corrected chi connectivity index (χ0v) is 27.4. The number of aromatic nitrogens is 2. The third-order valence-corrected chi connectivity index (χ3v) is 10.1. The van der Waals surface area contributed by atoms with Crippen LogP contribution in [-0.4, -0.2) is 9.13 Å². The highest BCUT2D eigenvalue weighted by Crippen LogP contribution is 2.39. The quantitative estimate of drug-likeness (QED) is 0.199. The van der Waals surface area contributed by atoms with Crippen LogP contribution >= 0.6 is 0 Å². The van der Waals surface area contributed by atoms with Crippen LogP contribution < -0.4 is 5.32 Å². The van der Waals surface area contributed by atoms with Crippen molar-refractivity contribution in [3.8, 4) is 11.4 Å². The summed E-state index contributed by atoms with van der Waals surface area (Å²) in [7, 11) is 0. The molecular weight excluding hydrogens is 607 g/mol. The summed E-state index contributed by atoms with van der Waals surface area (Å²) in [5.41, 5.74) is 12.9. The fourth-order valence-electron chi connectivity index (χ4n) is 7.87. The highest BCUT2D eigenvalue weighted by atomic mass is 15.0. The van der Waals surface area contributed by atoms with Gasteiger partial charge in [-0.05, 0) is 76.9 Å². The van der Waals surface area contributed by atoms with E-state index in [2.05, 4.69) is 203 Å². The number of dihydropyridines is 1. The van der Waals surface area contributed by atoms with Crippen molar-refractivity contribution in [3.05, 3.63) is 205 Å². The zero-order chi connectivity index (χ0) is 33.0. The molecule has 0 saturated heterocycles. The Morgan fingerprint density at radius 1 is 0.400 bits per heavy atom. The molecule has 3 nitrogen and oxygen atoms in total. The normalized spacial score (nSPS) is 14.6. The van der Waals surface area contributed by atoms with Gasteiger partial charge in [0, 0.05) is 38.6 Å². The predicted molar refractivity (Wildman–Crippen MR) is 210 cm³/mol. The van der Waals surface area contributed by atoms with Gasteiger partial charge >= 0.3 is 0 Å². The van der Waals surface area contributed by atoms with Crippen molar-refractivity contribution in [1.82, 2.24) is 14.5 Å². The molecule has 10 rings (SSSR count). The van der Waals surface area contributed by atoms with Gasteiger partial charge in [-0.15, -0.1) is 0 Å². The molecular formula is C47H33N3. The highest BCUT2D eigenvalue weighted by Gasteiger charge is 2.22. The molecule has 7 aromatic carbocycles. The molecule has 3 heteroatoms. The van der Waals surface area contributed by atoms with Crippen LogP contribution in [0.15, 0.2) is 188 Å². The summed E-state index contributed by atoms with van der Waals surface area (Å²) in [5.74, 6) is 0. The van der Waals surface area contributed by atoms with E-state index >= 15 is 0 Å². The van der Waals surface area contributed by atoms with Crippen molar-refractivity contribution in [1.29, 1.82) is 0 Å². The van der Waals surface area contributed by atoms with Gasteiger partial charge in [-0.25, -0.2) is 0 Å². The van der Waals surface area contributed by atoms with Gasteiger partial charge in [0.15, 0.2) is 0 Å². The number of benzene rings is 7. The average molecular weight is 640 g/mol. The van der Waals surface area contributed by atoms with Gasteiger partial charge in [0.05, 0.1) is 28.1 Å². The molecule has 0 spiro atoms. The monoisotopic (exact) mass is 639 g/mol. The largest absolute Gasteiger partial charge is 0.374 e. The molecule has 1 aliphatic heterocycles. The number of rotatable bonds is 5. The van der Waals surface area contributed by atoms with Crippen LogP contribution in [-0.2, 0) is 0 Å². The van der Waals surface area contributed by atoms with Crippen LogP contribution in [0.2, 0.25) is 0 Å². The Morgan fingerprint density at radius 3 is 1.26 bits per heavy atom. The summed E-state index contributed by atoms with van der Waals surface area (Å²) in [4.78, 5) is 0. The highest BCUT2D eigenvalue weighted by molar-refractivity contribution is 6.10. The average Bonchev–Trinajstić information content (AvgIpc) is 3.71.